The Morgan fingerprint density at radius 3 is 2.67 bits per heavy atom. The second-order valence-corrected chi connectivity index (χ2v) is 8.14. The van der Waals surface area contributed by atoms with Crippen LogP contribution in [-0.4, -0.2) is 27.8 Å². The van der Waals surface area contributed by atoms with Crippen molar-refractivity contribution in [3.8, 4) is 17.1 Å². The number of benzene rings is 1. The molecule has 8 nitrogen and oxygen atoms in total. The Hall–Kier alpha value is -3.65. The molecule has 0 aliphatic heterocycles. The van der Waals surface area contributed by atoms with E-state index < -0.39 is 12.1 Å². The van der Waals surface area contributed by atoms with Crippen molar-refractivity contribution in [2.45, 2.75) is 26.9 Å². The van der Waals surface area contributed by atoms with Crippen molar-refractivity contribution < 1.29 is 18.7 Å². The number of carbonyl (C=O) groups is 1. The molecule has 0 saturated carbocycles. The predicted molar refractivity (Wildman–Crippen MR) is 124 cm³/mol. The molecule has 33 heavy (non-hydrogen) atoms. The van der Waals surface area contributed by atoms with Crippen molar-refractivity contribution in [3.63, 3.8) is 0 Å². The van der Waals surface area contributed by atoms with Crippen LogP contribution in [0, 0.1) is 13.8 Å². The third-order valence-corrected chi connectivity index (χ3v) is 5.51. The second kappa shape index (κ2) is 8.71. The Labute approximate surface area is 194 Å². The molecule has 3 heterocycles. The summed E-state index contributed by atoms with van der Waals surface area (Å²) in [6, 6.07) is 6.76. The molecule has 0 aliphatic carbocycles. The molecule has 0 bridgehead atoms. The van der Waals surface area contributed by atoms with Crippen LogP contribution in [0.1, 0.15) is 40.2 Å². The van der Waals surface area contributed by atoms with Crippen LogP contribution in [0.4, 0.5) is 0 Å². The van der Waals surface area contributed by atoms with Crippen LogP contribution in [0.15, 0.2) is 45.9 Å². The molecule has 0 unspecified atom stereocenters. The number of halogens is 1. The first-order chi connectivity index (χ1) is 15.7. The van der Waals surface area contributed by atoms with E-state index in [0.717, 1.165) is 5.56 Å². The highest BCUT2D eigenvalue weighted by Gasteiger charge is 2.23. The highest BCUT2D eigenvalue weighted by Crippen LogP contribution is 2.33. The summed E-state index contributed by atoms with van der Waals surface area (Å²) in [5.74, 6) is -0.0218. The van der Waals surface area contributed by atoms with Gasteiger partial charge < -0.3 is 13.9 Å². The number of methoxy groups -OCH3 is 1. The smallest absolute Gasteiger partial charge is 0.360 e. The molecule has 9 heteroatoms. The topological polar surface area (TPSA) is 96.5 Å². The summed E-state index contributed by atoms with van der Waals surface area (Å²) in [5.41, 5.74) is 2.95. The zero-order valence-electron chi connectivity index (χ0n) is 18.8. The van der Waals surface area contributed by atoms with Crippen molar-refractivity contribution in [1.29, 1.82) is 0 Å². The number of hydrogen-bond acceptors (Lipinski definition) is 7. The van der Waals surface area contributed by atoms with Gasteiger partial charge >= 0.3 is 5.97 Å². The molecule has 3 aromatic heterocycles. The van der Waals surface area contributed by atoms with Gasteiger partial charge in [-0.3, -0.25) is 9.48 Å². The van der Waals surface area contributed by atoms with Crippen LogP contribution in [0.25, 0.3) is 22.3 Å². The molecule has 4 aromatic rings. The van der Waals surface area contributed by atoms with Gasteiger partial charge in [-0.1, -0.05) is 11.6 Å². The highest BCUT2D eigenvalue weighted by molar-refractivity contribution is 6.29. The lowest BCUT2D eigenvalue weighted by Crippen LogP contribution is -2.13. The number of rotatable bonds is 5. The SMILES string of the molecule is COC(=O)c1nc(Cl)ccc1O[C@H](C)c1cc(C)cc2c(=O)c(C)c(-c3cnn(C)c3)oc12. The molecule has 0 amide bonds. The first-order valence-corrected chi connectivity index (χ1v) is 10.6. The summed E-state index contributed by atoms with van der Waals surface area (Å²) in [5, 5.41) is 4.77. The van der Waals surface area contributed by atoms with E-state index in [4.69, 9.17) is 25.5 Å². The standard InChI is InChI=1S/C24H22ClN3O5/c1-12-8-16(14(3)32-18-6-7-19(25)27-20(18)24(30)31-5)23-17(9-12)21(29)13(2)22(33-23)15-10-26-28(4)11-15/h6-11,14H,1-5H3/t14-/m1/s1. The van der Waals surface area contributed by atoms with E-state index in [1.165, 1.54) is 13.2 Å². The molecule has 0 saturated heterocycles. The minimum Gasteiger partial charge on any atom is -0.483 e. The van der Waals surface area contributed by atoms with Gasteiger partial charge in [-0.2, -0.15) is 5.10 Å². The number of ether oxygens (including phenoxy) is 2. The number of aryl methyl sites for hydroxylation is 2. The number of hydrogen-bond donors (Lipinski definition) is 0. The quantitative estimate of drug-likeness (QED) is 0.307. The third kappa shape index (κ3) is 4.21. The van der Waals surface area contributed by atoms with Crippen molar-refractivity contribution >= 4 is 28.5 Å². The van der Waals surface area contributed by atoms with E-state index in [1.54, 1.807) is 50.1 Å². The Kier molecular flexibility index (Phi) is 5.95. The Bertz CT molecular complexity index is 1440. The molecule has 0 aliphatic rings. The maximum atomic E-state index is 13.2. The minimum atomic E-state index is -0.671. The number of aromatic nitrogens is 3. The molecule has 170 valence electrons. The van der Waals surface area contributed by atoms with E-state index in [-0.39, 0.29) is 22.0 Å². The van der Waals surface area contributed by atoms with Crippen LogP contribution < -0.4 is 10.2 Å². The normalized spacial score (nSPS) is 12.1. The van der Waals surface area contributed by atoms with E-state index in [9.17, 15) is 9.59 Å². The predicted octanol–water partition coefficient (Wildman–Crippen LogP) is 4.79. The lowest BCUT2D eigenvalue weighted by Gasteiger charge is -2.19. The van der Waals surface area contributed by atoms with Crippen LogP contribution in [0.5, 0.6) is 5.75 Å². The van der Waals surface area contributed by atoms with Crippen molar-refractivity contribution in [2.75, 3.05) is 7.11 Å². The number of carbonyl (C=O) groups excluding carboxylic acids is 1. The van der Waals surface area contributed by atoms with Gasteiger partial charge in [0.2, 0.25) is 0 Å². The molecule has 0 radical (unpaired) electrons. The van der Waals surface area contributed by atoms with Gasteiger partial charge in [-0.15, -0.1) is 0 Å². The van der Waals surface area contributed by atoms with Gasteiger partial charge in [0.1, 0.15) is 22.6 Å². The second-order valence-electron chi connectivity index (χ2n) is 7.75. The first-order valence-electron chi connectivity index (χ1n) is 10.2. The summed E-state index contributed by atoms with van der Waals surface area (Å²) >= 11 is 5.95. The van der Waals surface area contributed by atoms with Gasteiger partial charge in [-0.05, 0) is 50.6 Å². The number of nitrogens with zero attached hydrogens (tertiary/aromatic N) is 3. The van der Waals surface area contributed by atoms with Gasteiger partial charge in [-0.25, -0.2) is 9.78 Å². The summed E-state index contributed by atoms with van der Waals surface area (Å²) in [6.45, 7) is 5.42. The van der Waals surface area contributed by atoms with Gasteiger partial charge in [0, 0.05) is 24.4 Å². The zero-order chi connectivity index (χ0) is 23.9. The maximum Gasteiger partial charge on any atom is 0.360 e. The summed E-state index contributed by atoms with van der Waals surface area (Å²) in [4.78, 5) is 29.4. The molecule has 4 rings (SSSR count). The molecule has 0 spiro atoms. The number of fused-ring (bicyclic) bond motifs is 1. The largest absolute Gasteiger partial charge is 0.483 e. The lowest BCUT2D eigenvalue weighted by molar-refractivity contribution is 0.0586. The van der Waals surface area contributed by atoms with Gasteiger partial charge in [0.05, 0.1) is 24.3 Å². The Morgan fingerprint density at radius 2 is 2.00 bits per heavy atom. The highest BCUT2D eigenvalue weighted by atomic mass is 35.5. The molecule has 0 fully saturated rings. The third-order valence-electron chi connectivity index (χ3n) is 5.30. The van der Waals surface area contributed by atoms with Crippen LogP contribution in [0.2, 0.25) is 5.15 Å². The Balaban J connectivity index is 1.87. The van der Waals surface area contributed by atoms with E-state index >= 15 is 0 Å². The van der Waals surface area contributed by atoms with Crippen molar-refractivity contribution in [1.82, 2.24) is 14.8 Å². The summed E-state index contributed by atoms with van der Waals surface area (Å²) in [7, 11) is 3.05. The fourth-order valence-electron chi connectivity index (χ4n) is 3.70. The minimum absolute atomic E-state index is 0.0397. The van der Waals surface area contributed by atoms with Crippen LogP contribution >= 0.6 is 11.6 Å². The van der Waals surface area contributed by atoms with E-state index in [2.05, 4.69) is 10.1 Å². The summed E-state index contributed by atoms with van der Waals surface area (Å²) < 4.78 is 18.8. The average molecular weight is 468 g/mol. The van der Waals surface area contributed by atoms with E-state index in [1.807, 2.05) is 13.0 Å². The molecule has 1 atom stereocenters. The van der Waals surface area contributed by atoms with Gasteiger partial charge in [0.15, 0.2) is 16.9 Å². The zero-order valence-corrected chi connectivity index (χ0v) is 19.6. The average Bonchev–Trinajstić information content (AvgIpc) is 3.22. The summed E-state index contributed by atoms with van der Waals surface area (Å²) in [6.07, 6.45) is 2.84. The molecular formula is C24H22ClN3O5. The fraction of sp³-hybridized carbons (Fsp3) is 0.250. The molecule has 0 N–H and O–H groups in total. The first kappa shape index (κ1) is 22.5. The lowest BCUT2D eigenvalue weighted by atomic mass is 10.0. The number of esters is 1. The molecular weight excluding hydrogens is 446 g/mol. The molecule has 1 aromatic carbocycles. The number of pyridine rings is 1. The fourth-order valence-corrected chi connectivity index (χ4v) is 3.85. The monoisotopic (exact) mass is 467 g/mol. The van der Waals surface area contributed by atoms with Crippen molar-refractivity contribution in [3.05, 3.63) is 74.4 Å². The Morgan fingerprint density at radius 1 is 1.24 bits per heavy atom. The maximum absolute atomic E-state index is 13.2. The van der Waals surface area contributed by atoms with Crippen LogP contribution in [0.3, 0.4) is 0 Å². The van der Waals surface area contributed by atoms with E-state index in [0.29, 0.717) is 33.4 Å². The van der Waals surface area contributed by atoms with Crippen molar-refractivity contribution in [2.24, 2.45) is 7.05 Å². The van der Waals surface area contributed by atoms with Gasteiger partial charge in [0.25, 0.3) is 0 Å². The van der Waals surface area contributed by atoms with Crippen LogP contribution in [-0.2, 0) is 11.8 Å².